The van der Waals surface area contributed by atoms with Gasteiger partial charge in [-0.15, -0.1) is 0 Å². The maximum Gasteiger partial charge on any atom is 0.410 e. The molecule has 164 valence electrons. The van der Waals surface area contributed by atoms with Crippen molar-refractivity contribution >= 4 is 45.2 Å². The first-order valence-electron chi connectivity index (χ1n) is 10.1. The SMILES string of the molecule is CC(C)(C)OC(=O)N1CCC[C@H]1C(=O)Nc1cccc(NC(=O)c2ccccc2Br)c1. The molecule has 1 saturated heterocycles. The highest BCUT2D eigenvalue weighted by molar-refractivity contribution is 9.10. The Kier molecular flexibility index (Phi) is 7.00. The zero-order chi connectivity index (χ0) is 22.6. The van der Waals surface area contributed by atoms with Gasteiger partial charge in [-0.3, -0.25) is 14.5 Å². The van der Waals surface area contributed by atoms with Gasteiger partial charge in [-0.1, -0.05) is 18.2 Å². The molecule has 0 aliphatic carbocycles. The molecule has 3 rings (SSSR count). The van der Waals surface area contributed by atoms with Crippen LogP contribution in [-0.2, 0) is 9.53 Å². The highest BCUT2D eigenvalue weighted by Crippen LogP contribution is 2.24. The fourth-order valence-corrected chi connectivity index (χ4v) is 3.79. The Balaban J connectivity index is 1.66. The van der Waals surface area contributed by atoms with Crippen LogP contribution in [0.4, 0.5) is 16.2 Å². The Morgan fingerprint density at radius 3 is 2.39 bits per heavy atom. The average molecular weight is 488 g/mol. The quantitative estimate of drug-likeness (QED) is 0.632. The molecule has 1 fully saturated rings. The lowest BCUT2D eigenvalue weighted by Gasteiger charge is -2.28. The highest BCUT2D eigenvalue weighted by atomic mass is 79.9. The van der Waals surface area contributed by atoms with Gasteiger partial charge in [0.1, 0.15) is 11.6 Å². The molecular formula is C23H26BrN3O4. The van der Waals surface area contributed by atoms with Gasteiger partial charge in [-0.25, -0.2) is 4.79 Å². The molecule has 31 heavy (non-hydrogen) atoms. The molecule has 0 spiro atoms. The smallest absolute Gasteiger partial charge is 0.410 e. The van der Waals surface area contributed by atoms with Gasteiger partial charge in [0, 0.05) is 22.4 Å². The van der Waals surface area contributed by atoms with E-state index in [0.717, 1.165) is 6.42 Å². The van der Waals surface area contributed by atoms with Gasteiger partial charge in [0.05, 0.1) is 5.56 Å². The monoisotopic (exact) mass is 487 g/mol. The number of hydrogen-bond donors (Lipinski definition) is 2. The zero-order valence-corrected chi connectivity index (χ0v) is 19.4. The van der Waals surface area contributed by atoms with Gasteiger partial charge in [-0.05, 0) is 79.9 Å². The summed E-state index contributed by atoms with van der Waals surface area (Å²) in [7, 11) is 0. The normalized spacial score (nSPS) is 16.0. The molecule has 2 aromatic carbocycles. The van der Waals surface area contributed by atoms with Crippen LogP contribution in [0.1, 0.15) is 44.0 Å². The Morgan fingerprint density at radius 1 is 1.03 bits per heavy atom. The van der Waals surface area contributed by atoms with Gasteiger partial charge in [-0.2, -0.15) is 0 Å². The third-order valence-corrected chi connectivity index (χ3v) is 5.38. The van der Waals surface area contributed by atoms with Crippen molar-refractivity contribution in [2.24, 2.45) is 0 Å². The number of likely N-dealkylation sites (tertiary alicyclic amines) is 1. The van der Waals surface area contributed by atoms with E-state index in [-0.39, 0.29) is 11.8 Å². The summed E-state index contributed by atoms with van der Waals surface area (Å²) in [6.45, 7) is 5.87. The van der Waals surface area contributed by atoms with E-state index < -0.39 is 17.7 Å². The fourth-order valence-electron chi connectivity index (χ4n) is 3.32. The van der Waals surface area contributed by atoms with Crippen LogP contribution in [0, 0.1) is 0 Å². The predicted octanol–water partition coefficient (Wildman–Crippen LogP) is 5.04. The molecule has 2 N–H and O–H groups in total. The van der Waals surface area contributed by atoms with E-state index in [0.29, 0.717) is 34.4 Å². The summed E-state index contributed by atoms with van der Waals surface area (Å²) in [5, 5.41) is 5.68. The second kappa shape index (κ2) is 9.51. The number of nitrogens with one attached hydrogen (secondary N) is 2. The molecule has 1 aliphatic heterocycles. The van der Waals surface area contributed by atoms with E-state index in [9.17, 15) is 14.4 Å². The zero-order valence-electron chi connectivity index (χ0n) is 17.8. The number of nitrogens with zero attached hydrogens (tertiary/aromatic N) is 1. The van der Waals surface area contributed by atoms with Crippen LogP contribution in [-0.4, -0.2) is 41.0 Å². The van der Waals surface area contributed by atoms with Crippen LogP contribution < -0.4 is 10.6 Å². The van der Waals surface area contributed by atoms with Gasteiger partial charge in [0.2, 0.25) is 5.91 Å². The first-order chi connectivity index (χ1) is 14.6. The van der Waals surface area contributed by atoms with Crippen molar-refractivity contribution in [2.75, 3.05) is 17.2 Å². The number of hydrogen-bond acceptors (Lipinski definition) is 4. The van der Waals surface area contributed by atoms with Crippen LogP contribution >= 0.6 is 15.9 Å². The number of rotatable bonds is 4. The summed E-state index contributed by atoms with van der Waals surface area (Å²) in [5.74, 6) is -0.541. The van der Waals surface area contributed by atoms with Gasteiger partial charge >= 0.3 is 6.09 Å². The van der Waals surface area contributed by atoms with Crippen molar-refractivity contribution in [1.29, 1.82) is 0 Å². The van der Waals surface area contributed by atoms with Crippen LogP contribution in [0.3, 0.4) is 0 Å². The molecule has 7 nitrogen and oxygen atoms in total. The Morgan fingerprint density at radius 2 is 1.71 bits per heavy atom. The van der Waals surface area contributed by atoms with E-state index in [1.807, 2.05) is 6.07 Å². The average Bonchev–Trinajstić information content (AvgIpc) is 3.17. The van der Waals surface area contributed by atoms with E-state index >= 15 is 0 Å². The van der Waals surface area contributed by atoms with Crippen molar-refractivity contribution in [2.45, 2.75) is 45.3 Å². The summed E-state index contributed by atoms with van der Waals surface area (Å²) >= 11 is 3.37. The molecule has 0 saturated carbocycles. The molecule has 1 heterocycles. The first-order valence-corrected chi connectivity index (χ1v) is 10.9. The lowest BCUT2D eigenvalue weighted by Crippen LogP contribution is -2.45. The number of carbonyl (C=O) groups is 3. The Bertz CT molecular complexity index is 987. The fraction of sp³-hybridized carbons (Fsp3) is 0.348. The molecule has 1 atom stereocenters. The molecule has 2 aromatic rings. The lowest BCUT2D eigenvalue weighted by molar-refractivity contribution is -0.120. The molecular weight excluding hydrogens is 462 g/mol. The van der Waals surface area contributed by atoms with Crippen LogP contribution in [0.5, 0.6) is 0 Å². The summed E-state index contributed by atoms with van der Waals surface area (Å²) in [6.07, 6.45) is 0.822. The summed E-state index contributed by atoms with van der Waals surface area (Å²) in [6, 6.07) is 13.4. The molecule has 0 radical (unpaired) electrons. The standard InChI is InChI=1S/C23H26BrN3O4/c1-23(2,3)31-22(30)27-13-7-12-19(27)21(29)26-16-9-6-8-15(14-16)25-20(28)17-10-4-5-11-18(17)24/h4-6,8-11,14,19H,7,12-13H2,1-3H3,(H,25,28)(H,26,29)/t19-/m0/s1. The molecule has 1 aliphatic rings. The molecule has 3 amide bonds. The molecule has 0 unspecified atom stereocenters. The van der Waals surface area contributed by atoms with E-state index in [1.165, 1.54) is 4.90 Å². The summed E-state index contributed by atoms with van der Waals surface area (Å²) in [5.41, 5.74) is 0.969. The third kappa shape index (κ3) is 6.07. The lowest BCUT2D eigenvalue weighted by atomic mass is 10.2. The van der Waals surface area contributed by atoms with E-state index in [1.54, 1.807) is 63.2 Å². The second-order valence-electron chi connectivity index (χ2n) is 8.34. The minimum Gasteiger partial charge on any atom is -0.444 e. The van der Waals surface area contributed by atoms with E-state index in [4.69, 9.17) is 4.74 Å². The van der Waals surface area contributed by atoms with E-state index in [2.05, 4.69) is 26.6 Å². The minimum atomic E-state index is -0.624. The van der Waals surface area contributed by atoms with Crippen molar-refractivity contribution < 1.29 is 19.1 Å². The molecule has 0 aromatic heterocycles. The minimum absolute atomic E-state index is 0.261. The van der Waals surface area contributed by atoms with Gasteiger partial charge < -0.3 is 15.4 Å². The number of carbonyl (C=O) groups excluding carboxylic acids is 3. The van der Waals surface area contributed by atoms with Crippen LogP contribution in [0.2, 0.25) is 0 Å². The highest BCUT2D eigenvalue weighted by Gasteiger charge is 2.36. The maximum atomic E-state index is 12.8. The van der Waals surface area contributed by atoms with Crippen LogP contribution in [0.25, 0.3) is 0 Å². The third-order valence-electron chi connectivity index (χ3n) is 4.69. The number of ether oxygens (including phenoxy) is 1. The Labute approximate surface area is 190 Å². The topological polar surface area (TPSA) is 87.7 Å². The predicted molar refractivity (Wildman–Crippen MR) is 123 cm³/mol. The number of halogens is 1. The maximum absolute atomic E-state index is 12.8. The van der Waals surface area contributed by atoms with Crippen molar-refractivity contribution in [3.05, 3.63) is 58.6 Å². The van der Waals surface area contributed by atoms with Crippen LogP contribution in [0.15, 0.2) is 53.0 Å². The number of anilines is 2. The second-order valence-corrected chi connectivity index (χ2v) is 9.19. The number of benzene rings is 2. The largest absolute Gasteiger partial charge is 0.444 e. The summed E-state index contributed by atoms with van der Waals surface area (Å²) in [4.78, 5) is 39.3. The molecule has 0 bridgehead atoms. The molecule has 8 heteroatoms. The Hall–Kier alpha value is -2.87. The van der Waals surface area contributed by atoms with Gasteiger partial charge in [0.25, 0.3) is 5.91 Å². The number of amides is 3. The van der Waals surface area contributed by atoms with Crippen molar-refractivity contribution in [3.63, 3.8) is 0 Å². The van der Waals surface area contributed by atoms with Gasteiger partial charge in [0.15, 0.2) is 0 Å². The van der Waals surface area contributed by atoms with Crippen molar-refractivity contribution in [3.8, 4) is 0 Å². The van der Waals surface area contributed by atoms with Crippen molar-refractivity contribution in [1.82, 2.24) is 4.90 Å². The summed E-state index contributed by atoms with van der Waals surface area (Å²) < 4.78 is 6.12. The first kappa shape index (κ1) is 22.8.